The Morgan fingerprint density at radius 2 is 1.50 bits per heavy atom. The van der Waals surface area contributed by atoms with Gasteiger partial charge in [-0.15, -0.1) is 0 Å². The molecule has 1 aromatic heterocycles. The number of piperazine rings is 1. The van der Waals surface area contributed by atoms with E-state index in [4.69, 9.17) is 0 Å². The van der Waals surface area contributed by atoms with Gasteiger partial charge in [-0.1, -0.05) is 54.6 Å². The van der Waals surface area contributed by atoms with E-state index < -0.39 is 0 Å². The van der Waals surface area contributed by atoms with Crippen molar-refractivity contribution in [3.8, 4) is 11.1 Å². The van der Waals surface area contributed by atoms with Gasteiger partial charge in [0, 0.05) is 73.7 Å². The lowest BCUT2D eigenvalue weighted by Gasteiger charge is -2.37. The second-order valence-corrected chi connectivity index (χ2v) is 11.0. The number of piperidine rings is 1. The van der Waals surface area contributed by atoms with Crippen LogP contribution in [0.5, 0.6) is 0 Å². The zero-order valence-electron chi connectivity index (χ0n) is 23.2. The maximum absolute atomic E-state index is 12.8. The highest BCUT2D eigenvalue weighted by molar-refractivity contribution is 5.94. The molecule has 3 N–H and O–H groups in total. The van der Waals surface area contributed by atoms with E-state index in [0.29, 0.717) is 0 Å². The zero-order chi connectivity index (χ0) is 27.1. The number of para-hydroxylation sites is 1. The number of benzene rings is 3. The monoisotopic (exact) mass is 536 g/mol. The summed E-state index contributed by atoms with van der Waals surface area (Å²) in [6, 6.07) is 27.0. The number of fused-ring (bicyclic) bond motifs is 1. The number of likely N-dealkylation sites (tertiary alicyclic amines) is 1. The molecule has 3 heterocycles. The Hall–Kier alpha value is -3.81. The highest BCUT2D eigenvalue weighted by Crippen LogP contribution is 2.28. The summed E-state index contributed by atoms with van der Waals surface area (Å²) in [7, 11) is 0. The summed E-state index contributed by atoms with van der Waals surface area (Å²) in [5, 5.41) is 7.62. The van der Waals surface area contributed by atoms with Crippen LogP contribution in [0.15, 0.2) is 85.1 Å². The Morgan fingerprint density at radius 1 is 0.775 bits per heavy atom. The number of hydrogen-bond donors (Lipinski definition) is 3. The van der Waals surface area contributed by atoms with Crippen LogP contribution < -0.4 is 15.5 Å². The molecule has 3 aromatic carbocycles. The number of nitrogens with zero attached hydrogens (tertiary/aromatic N) is 3. The Bertz CT molecular complexity index is 1390. The summed E-state index contributed by atoms with van der Waals surface area (Å²) in [6.07, 6.45) is 5.22. The predicted molar refractivity (Wildman–Crippen MR) is 165 cm³/mol. The van der Waals surface area contributed by atoms with E-state index in [1.807, 2.05) is 48.7 Å². The molecule has 2 aliphatic rings. The number of amides is 2. The lowest BCUT2D eigenvalue weighted by atomic mass is 10.0. The molecule has 0 bridgehead atoms. The molecule has 2 fully saturated rings. The van der Waals surface area contributed by atoms with Gasteiger partial charge in [-0.2, -0.15) is 0 Å². The molecule has 7 nitrogen and oxygen atoms in total. The van der Waals surface area contributed by atoms with Crippen LogP contribution in [-0.2, 0) is 0 Å². The minimum Gasteiger partial charge on any atom is -0.368 e. The lowest BCUT2D eigenvalue weighted by molar-refractivity contribution is 0.179. The number of urea groups is 1. The Labute approximate surface area is 237 Å². The van der Waals surface area contributed by atoms with Gasteiger partial charge >= 0.3 is 6.03 Å². The summed E-state index contributed by atoms with van der Waals surface area (Å²) in [5.74, 6) is 0. The van der Waals surface area contributed by atoms with Gasteiger partial charge in [-0.05, 0) is 62.2 Å². The summed E-state index contributed by atoms with van der Waals surface area (Å²) in [6.45, 7) is 8.78. The van der Waals surface area contributed by atoms with Crippen molar-refractivity contribution in [1.82, 2.24) is 20.1 Å². The van der Waals surface area contributed by atoms with E-state index >= 15 is 0 Å². The largest absolute Gasteiger partial charge is 0.368 e. The van der Waals surface area contributed by atoms with Crippen molar-refractivity contribution in [3.63, 3.8) is 0 Å². The SMILES string of the molecule is O=C(Nc1ccccc1-c1ccccc1)NC1CCN(CCCN2CCN(c3cccc4[nH]ccc34)CC2)CC1. The second kappa shape index (κ2) is 12.6. The number of carbonyl (C=O) groups excluding carboxylic acids is 1. The van der Waals surface area contributed by atoms with Gasteiger partial charge in [0.1, 0.15) is 0 Å². The molecule has 0 atom stereocenters. The van der Waals surface area contributed by atoms with Gasteiger partial charge in [0.25, 0.3) is 0 Å². The molecule has 2 amide bonds. The van der Waals surface area contributed by atoms with Crippen molar-refractivity contribution in [2.45, 2.75) is 25.3 Å². The molecule has 208 valence electrons. The van der Waals surface area contributed by atoms with Crippen LogP contribution in [0.3, 0.4) is 0 Å². The molecule has 0 unspecified atom stereocenters. The van der Waals surface area contributed by atoms with E-state index in [1.165, 1.54) is 23.0 Å². The van der Waals surface area contributed by atoms with E-state index in [1.54, 1.807) is 0 Å². The Balaban J connectivity index is 0.895. The lowest BCUT2D eigenvalue weighted by Crippen LogP contribution is -2.48. The minimum atomic E-state index is -0.117. The van der Waals surface area contributed by atoms with Crippen LogP contribution in [0.1, 0.15) is 19.3 Å². The van der Waals surface area contributed by atoms with Crippen molar-refractivity contribution in [1.29, 1.82) is 0 Å². The van der Waals surface area contributed by atoms with E-state index in [-0.39, 0.29) is 12.1 Å². The van der Waals surface area contributed by atoms with Crippen molar-refractivity contribution >= 4 is 28.3 Å². The van der Waals surface area contributed by atoms with Crippen LogP contribution in [0.2, 0.25) is 0 Å². The molecule has 0 saturated carbocycles. The van der Waals surface area contributed by atoms with Crippen LogP contribution >= 0.6 is 0 Å². The van der Waals surface area contributed by atoms with Crippen LogP contribution in [0, 0.1) is 0 Å². The number of hydrogen-bond acceptors (Lipinski definition) is 4. The van der Waals surface area contributed by atoms with Gasteiger partial charge in [0.05, 0.1) is 5.69 Å². The summed E-state index contributed by atoms with van der Waals surface area (Å²) >= 11 is 0. The molecule has 6 rings (SSSR count). The first kappa shape index (κ1) is 26.4. The molecule has 2 saturated heterocycles. The number of rotatable bonds is 8. The average molecular weight is 537 g/mol. The zero-order valence-corrected chi connectivity index (χ0v) is 23.2. The van der Waals surface area contributed by atoms with E-state index in [9.17, 15) is 4.79 Å². The molecule has 0 spiro atoms. The molecular formula is C33H40N6O. The molecule has 7 heteroatoms. The van der Waals surface area contributed by atoms with Crippen molar-refractivity contribution in [2.75, 3.05) is 62.6 Å². The Kier molecular flexibility index (Phi) is 8.31. The highest BCUT2D eigenvalue weighted by Gasteiger charge is 2.22. The number of H-pyrrole nitrogens is 1. The van der Waals surface area contributed by atoms with Crippen molar-refractivity contribution < 1.29 is 4.79 Å². The fraction of sp³-hybridized carbons (Fsp3) is 0.364. The van der Waals surface area contributed by atoms with Gasteiger partial charge in [-0.3, -0.25) is 4.90 Å². The van der Waals surface area contributed by atoms with Gasteiger partial charge < -0.3 is 25.4 Å². The normalized spacial score (nSPS) is 17.2. The molecule has 4 aromatic rings. The average Bonchev–Trinajstić information content (AvgIpc) is 3.49. The molecule has 0 radical (unpaired) electrons. The second-order valence-electron chi connectivity index (χ2n) is 11.0. The predicted octanol–water partition coefficient (Wildman–Crippen LogP) is 5.63. The van der Waals surface area contributed by atoms with Gasteiger partial charge in [0.15, 0.2) is 0 Å². The first-order valence-corrected chi connectivity index (χ1v) is 14.7. The smallest absolute Gasteiger partial charge is 0.319 e. The first-order valence-electron chi connectivity index (χ1n) is 14.7. The maximum atomic E-state index is 12.8. The first-order chi connectivity index (χ1) is 19.7. The summed E-state index contributed by atoms with van der Waals surface area (Å²) in [5.41, 5.74) is 5.54. The van der Waals surface area contributed by atoms with Crippen molar-refractivity contribution in [2.24, 2.45) is 0 Å². The Morgan fingerprint density at radius 3 is 2.30 bits per heavy atom. The molecule has 2 aliphatic heterocycles. The maximum Gasteiger partial charge on any atom is 0.319 e. The molecule has 40 heavy (non-hydrogen) atoms. The summed E-state index contributed by atoms with van der Waals surface area (Å²) < 4.78 is 0. The van der Waals surface area contributed by atoms with Crippen LogP contribution in [0.25, 0.3) is 22.0 Å². The fourth-order valence-corrected chi connectivity index (χ4v) is 6.18. The van der Waals surface area contributed by atoms with Crippen molar-refractivity contribution in [3.05, 3.63) is 85.1 Å². The van der Waals surface area contributed by atoms with Gasteiger partial charge in [-0.25, -0.2) is 4.79 Å². The highest BCUT2D eigenvalue weighted by atomic mass is 16.2. The van der Waals surface area contributed by atoms with Crippen LogP contribution in [0.4, 0.5) is 16.2 Å². The standard InChI is InChI=1S/C33H40N6O/c40-33(36-31-11-5-4-10-28(31)26-8-2-1-3-9-26)35-27-15-20-37(21-16-27)18-7-19-38-22-24-39(25-23-38)32-13-6-12-30-29(32)14-17-34-30/h1-6,8-14,17,27,34H,7,15-16,18-25H2,(H2,35,36,40). The van der Waals surface area contributed by atoms with E-state index in [2.05, 4.69) is 66.7 Å². The third kappa shape index (κ3) is 6.32. The van der Waals surface area contributed by atoms with Crippen LogP contribution in [-0.4, -0.2) is 79.2 Å². The number of aromatic amines is 1. The molecule has 0 aliphatic carbocycles. The van der Waals surface area contributed by atoms with E-state index in [0.717, 1.165) is 82.0 Å². The third-order valence-electron chi connectivity index (χ3n) is 8.42. The van der Waals surface area contributed by atoms with Gasteiger partial charge in [0.2, 0.25) is 0 Å². The fourth-order valence-electron chi connectivity index (χ4n) is 6.18. The number of aromatic nitrogens is 1. The topological polar surface area (TPSA) is 66.6 Å². The summed E-state index contributed by atoms with van der Waals surface area (Å²) in [4.78, 5) is 23.8. The quantitative estimate of drug-likeness (QED) is 0.273. The third-order valence-corrected chi connectivity index (χ3v) is 8.42. The number of anilines is 2. The minimum absolute atomic E-state index is 0.117. The molecular weight excluding hydrogens is 496 g/mol. The number of nitrogens with one attached hydrogen (secondary N) is 3. The number of carbonyl (C=O) groups is 1.